The van der Waals surface area contributed by atoms with Gasteiger partial charge >= 0.3 is 0 Å². The van der Waals surface area contributed by atoms with Crippen molar-refractivity contribution in [1.82, 2.24) is 5.32 Å². The molecule has 1 N–H and O–H groups in total. The summed E-state index contributed by atoms with van der Waals surface area (Å²) >= 11 is 1.41. The van der Waals surface area contributed by atoms with E-state index in [-0.39, 0.29) is 16.9 Å². The second-order valence-corrected chi connectivity index (χ2v) is 11.0. The van der Waals surface area contributed by atoms with Gasteiger partial charge in [-0.15, -0.1) is 11.3 Å². The number of nitrogens with zero attached hydrogens (tertiary/aromatic N) is 1. The summed E-state index contributed by atoms with van der Waals surface area (Å²) in [6.45, 7) is 5.53. The summed E-state index contributed by atoms with van der Waals surface area (Å²) in [5.74, 6) is -0.124. The maximum Gasteiger partial charge on any atom is 0.264 e. The monoisotopic (exact) mass is 472 g/mol. The van der Waals surface area contributed by atoms with Crippen LogP contribution in [0, 0.1) is 6.92 Å². The first-order valence-electron chi connectivity index (χ1n) is 10.9. The zero-order chi connectivity index (χ0) is 22.7. The lowest BCUT2D eigenvalue weighted by Crippen LogP contribution is -2.31. The minimum Gasteiger partial charge on any atom is -0.376 e. The van der Waals surface area contributed by atoms with Gasteiger partial charge in [0.2, 0.25) is 0 Å². The van der Waals surface area contributed by atoms with Crippen LogP contribution in [0.2, 0.25) is 0 Å². The fraction of sp³-hybridized carbons (Fsp3) is 0.375. The van der Waals surface area contributed by atoms with Gasteiger partial charge in [-0.05, 0) is 68.0 Å². The van der Waals surface area contributed by atoms with E-state index in [0.717, 1.165) is 35.1 Å². The lowest BCUT2D eigenvalue weighted by molar-refractivity contribution is 0.0861. The van der Waals surface area contributed by atoms with Crippen molar-refractivity contribution in [2.24, 2.45) is 0 Å². The summed E-state index contributed by atoms with van der Waals surface area (Å²) in [7, 11) is -3.69. The van der Waals surface area contributed by atoms with Gasteiger partial charge in [0.1, 0.15) is 0 Å². The highest BCUT2D eigenvalue weighted by Gasteiger charge is 2.25. The van der Waals surface area contributed by atoms with Gasteiger partial charge in [-0.2, -0.15) is 0 Å². The molecule has 32 heavy (non-hydrogen) atoms. The lowest BCUT2D eigenvalue weighted by Gasteiger charge is -2.24. The maximum atomic E-state index is 13.3. The number of anilines is 1. The molecule has 0 spiro atoms. The molecule has 1 atom stereocenters. The molecule has 2 aromatic carbocycles. The Kier molecular flexibility index (Phi) is 6.83. The smallest absolute Gasteiger partial charge is 0.264 e. The Morgan fingerprint density at radius 3 is 2.66 bits per heavy atom. The highest BCUT2D eigenvalue weighted by molar-refractivity contribution is 7.92. The van der Waals surface area contributed by atoms with E-state index in [2.05, 4.69) is 5.32 Å². The Morgan fingerprint density at radius 1 is 1.19 bits per heavy atom. The van der Waals surface area contributed by atoms with E-state index in [1.807, 2.05) is 38.1 Å². The van der Waals surface area contributed by atoms with Crippen LogP contribution in [0.4, 0.5) is 5.69 Å². The zero-order valence-corrected chi connectivity index (χ0v) is 20.0. The minimum atomic E-state index is -3.69. The lowest BCUT2D eigenvalue weighted by atomic mass is 10.2. The van der Waals surface area contributed by atoms with E-state index in [1.165, 1.54) is 15.6 Å². The van der Waals surface area contributed by atoms with Gasteiger partial charge in [0.05, 0.1) is 21.6 Å². The van der Waals surface area contributed by atoms with Crippen molar-refractivity contribution in [1.29, 1.82) is 0 Å². The zero-order valence-electron chi connectivity index (χ0n) is 18.3. The SMILES string of the molecule is CCCN(c1ccc2sc(C(=O)NC[C@H]3CCCO3)cc2c1)S(=O)(=O)c1ccc(C)cc1. The number of sulfonamides is 1. The third-order valence-electron chi connectivity index (χ3n) is 5.56. The Bertz CT molecular complexity index is 1200. The highest BCUT2D eigenvalue weighted by atomic mass is 32.2. The van der Waals surface area contributed by atoms with Crippen LogP contribution in [0.5, 0.6) is 0 Å². The summed E-state index contributed by atoms with van der Waals surface area (Å²) in [6, 6.07) is 14.3. The average molecular weight is 473 g/mol. The summed E-state index contributed by atoms with van der Waals surface area (Å²) in [5.41, 5.74) is 1.61. The van der Waals surface area contributed by atoms with Gasteiger partial charge in [0, 0.05) is 24.4 Å². The number of hydrogen-bond donors (Lipinski definition) is 1. The van der Waals surface area contributed by atoms with Crippen LogP contribution in [-0.4, -0.2) is 40.1 Å². The number of ether oxygens (including phenoxy) is 1. The second kappa shape index (κ2) is 9.60. The third kappa shape index (κ3) is 4.82. The number of nitrogens with one attached hydrogen (secondary N) is 1. The Labute approximate surface area is 193 Å². The summed E-state index contributed by atoms with van der Waals surface area (Å²) in [5, 5.41) is 3.81. The highest BCUT2D eigenvalue weighted by Crippen LogP contribution is 2.32. The van der Waals surface area contributed by atoms with Crippen LogP contribution in [0.25, 0.3) is 10.1 Å². The number of benzene rings is 2. The molecule has 0 unspecified atom stereocenters. The molecule has 1 aliphatic rings. The number of carbonyl (C=O) groups is 1. The Morgan fingerprint density at radius 2 is 1.97 bits per heavy atom. The van der Waals surface area contributed by atoms with Crippen LogP contribution in [0.15, 0.2) is 53.4 Å². The van der Waals surface area contributed by atoms with E-state index in [9.17, 15) is 13.2 Å². The third-order valence-corrected chi connectivity index (χ3v) is 8.52. The summed E-state index contributed by atoms with van der Waals surface area (Å²) in [6.07, 6.45) is 2.78. The van der Waals surface area contributed by atoms with Gasteiger partial charge in [-0.25, -0.2) is 8.42 Å². The van der Waals surface area contributed by atoms with E-state index in [0.29, 0.717) is 30.1 Å². The van der Waals surface area contributed by atoms with Crippen molar-refractivity contribution in [3.8, 4) is 0 Å². The number of thiophene rings is 1. The molecule has 6 nitrogen and oxygen atoms in total. The van der Waals surface area contributed by atoms with Crippen molar-refractivity contribution < 1.29 is 17.9 Å². The Hall–Kier alpha value is -2.42. The number of rotatable bonds is 8. The maximum absolute atomic E-state index is 13.3. The topological polar surface area (TPSA) is 75.7 Å². The fourth-order valence-electron chi connectivity index (χ4n) is 3.83. The van der Waals surface area contributed by atoms with Crippen LogP contribution in [-0.2, 0) is 14.8 Å². The van der Waals surface area contributed by atoms with Crippen LogP contribution in [0.3, 0.4) is 0 Å². The molecular weight excluding hydrogens is 444 g/mol. The van der Waals surface area contributed by atoms with Crippen molar-refractivity contribution in [2.75, 3.05) is 24.0 Å². The molecule has 4 rings (SSSR count). The van der Waals surface area contributed by atoms with Gasteiger partial charge in [0.15, 0.2) is 0 Å². The molecule has 1 fully saturated rings. The number of aryl methyl sites for hydroxylation is 1. The quantitative estimate of drug-likeness (QED) is 0.515. The molecule has 8 heteroatoms. The van der Waals surface area contributed by atoms with Crippen molar-refractivity contribution in [2.45, 2.75) is 44.1 Å². The molecular formula is C24H28N2O4S2. The Balaban J connectivity index is 1.59. The number of amides is 1. The molecule has 0 saturated carbocycles. The molecule has 1 aliphatic heterocycles. The number of hydrogen-bond acceptors (Lipinski definition) is 5. The minimum absolute atomic E-state index is 0.0921. The van der Waals surface area contributed by atoms with Gasteiger partial charge < -0.3 is 10.1 Å². The first-order valence-corrected chi connectivity index (χ1v) is 13.2. The molecule has 0 bridgehead atoms. The number of carbonyl (C=O) groups excluding carboxylic acids is 1. The van der Waals surface area contributed by atoms with Gasteiger partial charge in [0.25, 0.3) is 15.9 Å². The molecule has 3 aromatic rings. The fourth-order valence-corrected chi connectivity index (χ4v) is 6.33. The van der Waals surface area contributed by atoms with Crippen LogP contribution in [0.1, 0.15) is 41.4 Å². The predicted molar refractivity (Wildman–Crippen MR) is 129 cm³/mol. The first kappa shape index (κ1) is 22.8. The van der Waals surface area contributed by atoms with Crippen LogP contribution < -0.4 is 9.62 Å². The molecule has 0 radical (unpaired) electrons. The molecule has 1 saturated heterocycles. The molecule has 170 valence electrons. The molecule has 1 amide bonds. The van der Waals surface area contributed by atoms with Gasteiger partial charge in [-0.1, -0.05) is 24.6 Å². The average Bonchev–Trinajstić information content (AvgIpc) is 3.45. The van der Waals surface area contributed by atoms with Crippen LogP contribution >= 0.6 is 11.3 Å². The largest absolute Gasteiger partial charge is 0.376 e. The molecule has 2 heterocycles. The van der Waals surface area contributed by atoms with E-state index in [4.69, 9.17) is 4.74 Å². The predicted octanol–water partition coefficient (Wildman–Crippen LogP) is 4.72. The standard InChI is InChI=1S/C24H28N2O4S2/c1-3-12-26(32(28,29)21-9-6-17(2)7-10-21)19-8-11-22-18(14-19)15-23(31-22)24(27)25-16-20-5-4-13-30-20/h6-11,14-15,20H,3-5,12-13,16H2,1-2H3,(H,25,27)/t20-/m1/s1. The van der Waals surface area contributed by atoms with Crippen molar-refractivity contribution in [3.63, 3.8) is 0 Å². The normalized spacial score (nSPS) is 16.4. The van der Waals surface area contributed by atoms with Crippen molar-refractivity contribution >= 4 is 43.0 Å². The summed E-state index contributed by atoms with van der Waals surface area (Å²) in [4.78, 5) is 13.5. The number of fused-ring (bicyclic) bond motifs is 1. The first-order chi connectivity index (χ1) is 15.4. The van der Waals surface area contributed by atoms with E-state index >= 15 is 0 Å². The van der Waals surface area contributed by atoms with Gasteiger partial charge in [-0.3, -0.25) is 9.10 Å². The summed E-state index contributed by atoms with van der Waals surface area (Å²) < 4.78 is 34.7. The molecule has 0 aliphatic carbocycles. The second-order valence-electron chi connectivity index (χ2n) is 8.07. The van der Waals surface area contributed by atoms with E-state index in [1.54, 1.807) is 24.3 Å². The molecule has 1 aromatic heterocycles. The van der Waals surface area contributed by atoms with E-state index < -0.39 is 10.0 Å². The van der Waals surface area contributed by atoms with Crippen molar-refractivity contribution in [3.05, 3.63) is 59.0 Å².